The number of nitrogens with zero attached hydrogens (tertiary/aromatic N) is 4. The van der Waals surface area contributed by atoms with Gasteiger partial charge in [-0.1, -0.05) is 59.0 Å². The molecule has 0 saturated heterocycles. The van der Waals surface area contributed by atoms with Gasteiger partial charge >= 0.3 is 0 Å². The zero-order valence-electron chi connectivity index (χ0n) is 15.3. The molecular formula is C19H18N6OS2. The van der Waals surface area contributed by atoms with E-state index in [2.05, 4.69) is 26.6 Å². The van der Waals surface area contributed by atoms with E-state index in [1.807, 2.05) is 50.2 Å². The van der Waals surface area contributed by atoms with E-state index < -0.39 is 0 Å². The molecule has 7 nitrogen and oxygen atoms in total. The highest BCUT2D eigenvalue weighted by atomic mass is 32.2. The number of nitrogen functional groups attached to an aromatic ring is 1. The van der Waals surface area contributed by atoms with Gasteiger partial charge in [0.05, 0.1) is 16.0 Å². The van der Waals surface area contributed by atoms with Gasteiger partial charge in [-0.05, 0) is 31.5 Å². The number of aromatic nitrogens is 4. The van der Waals surface area contributed by atoms with Gasteiger partial charge in [0.15, 0.2) is 11.0 Å². The monoisotopic (exact) mass is 410 g/mol. The zero-order chi connectivity index (χ0) is 19.7. The molecule has 4 aromatic rings. The Kier molecular flexibility index (Phi) is 5.01. The van der Waals surface area contributed by atoms with Gasteiger partial charge in [-0.15, -0.1) is 10.2 Å². The Balaban J connectivity index is 1.41. The minimum Gasteiger partial charge on any atom is -0.335 e. The molecule has 1 amide bonds. The van der Waals surface area contributed by atoms with Crippen LogP contribution in [-0.2, 0) is 4.79 Å². The average Bonchev–Trinajstić information content (AvgIpc) is 3.23. The molecule has 3 N–H and O–H groups in total. The van der Waals surface area contributed by atoms with Crippen LogP contribution >= 0.6 is 23.1 Å². The Hall–Kier alpha value is -2.91. The number of nitrogens with one attached hydrogen (secondary N) is 1. The number of hydrogen-bond acceptors (Lipinski definition) is 7. The second kappa shape index (κ2) is 7.61. The first-order valence-electron chi connectivity index (χ1n) is 8.57. The van der Waals surface area contributed by atoms with Crippen LogP contribution in [-0.4, -0.2) is 31.5 Å². The summed E-state index contributed by atoms with van der Waals surface area (Å²) in [5.41, 5.74) is 4.07. The molecule has 28 heavy (non-hydrogen) atoms. The molecule has 0 bridgehead atoms. The molecule has 0 atom stereocenters. The molecule has 0 fully saturated rings. The van der Waals surface area contributed by atoms with Gasteiger partial charge in [-0.3, -0.25) is 4.79 Å². The van der Waals surface area contributed by atoms with Crippen LogP contribution < -0.4 is 11.2 Å². The standard InChI is InChI=1S/C19H18N6OS2/c1-11-3-6-13(7-4-11)17-23-24-19(25(17)20)27-10-16(26)22-18-21-14-8-5-12(2)9-15(14)28-18/h3-9H,10,20H2,1-2H3,(H,21,22,26). The van der Waals surface area contributed by atoms with Crippen LogP contribution in [0.15, 0.2) is 47.6 Å². The highest BCUT2D eigenvalue weighted by Crippen LogP contribution is 2.27. The van der Waals surface area contributed by atoms with Crippen LogP contribution in [0.1, 0.15) is 11.1 Å². The summed E-state index contributed by atoms with van der Waals surface area (Å²) in [6.07, 6.45) is 0. The molecule has 9 heteroatoms. The molecule has 2 aromatic heterocycles. The first-order valence-corrected chi connectivity index (χ1v) is 10.4. The number of nitrogens with two attached hydrogens (primary N) is 1. The Morgan fingerprint density at radius 2 is 1.89 bits per heavy atom. The Morgan fingerprint density at radius 3 is 2.68 bits per heavy atom. The Morgan fingerprint density at radius 1 is 1.14 bits per heavy atom. The fourth-order valence-corrected chi connectivity index (χ4v) is 4.28. The zero-order valence-corrected chi connectivity index (χ0v) is 17.0. The molecule has 0 saturated carbocycles. The fraction of sp³-hybridized carbons (Fsp3) is 0.158. The number of amides is 1. The van der Waals surface area contributed by atoms with Gasteiger partial charge in [0, 0.05) is 5.56 Å². The quantitative estimate of drug-likeness (QED) is 0.385. The molecule has 4 rings (SSSR count). The smallest absolute Gasteiger partial charge is 0.236 e. The highest BCUT2D eigenvalue weighted by Gasteiger charge is 2.14. The van der Waals surface area contributed by atoms with Crippen molar-refractivity contribution in [2.24, 2.45) is 0 Å². The summed E-state index contributed by atoms with van der Waals surface area (Å²) < 4.78 is 2.45. The number of thiazole rings is 1. The molecule has 0 aliphatic carbocycles. The molecule has 0 aliphatic heterocycles. The number of carbonyl (C=O) groups is 1. The molecule has 0 spiro atoms. The first-order chi connectivity index (χ1) is 13.5. The van der Waals surface area contributed by atoms with Gasteiger partial charge in [-0.2, -0.15) is 0 Å². The van der Waals surface area contributed by atoms with Gasteiger partial charge < -0.3 is 11.2 Å². The second-order valence-electron chi connectivity index (χ2n) is 6.37. The Labute approximate surface area is 170 Å². The van der Waals surface area contributed by atoms with Crippen molar-refractivity contribution in [2.45, 2.75) is 19.0 Å². The van der Waals surface area contributed by atoms with Crippen molar-refractivity contribution in [1.29, 1.82) is 0 Å². The molecule has 2 heterocycles. The summed E-state index contributed by atoms with van der Waals surface area (Å²) in [5, 5.41) is 12.1. The topological polar surface area (TPSA) is 98.7 Å². The minimum atomic E-state index is -0.166. The minimum absolute atomic E-state index is 0.165. The molecule has 0 unspecified atom stereocenters. The van der Waals surface area contributed by atoms with Crippen LogP contribution in [0.2, 0.25) is 0 Å². The fourth-order valence-electron chi connectivity index (χ4n) is 2.65. The van der Waals surface area contributed by atoms with E-state index in [9.17, 15) is 4.79 Å². The van der Waals surface area contributed by atoms with Crippen molar-refractivity contribution in [2.75, 3.05) is 16.9 Å². The molecule has 2 aromatic carbocycles. The van der Waals surface area contributed by atoms with E-state index in [4.69, 9.17) is 5.84 Å². The maximum atomic E-state index is 12.3. The summed E-state index contributed by atoms with van der Waals surface area (Å²) >= 11 is 2.69. The third kappa shape index (κ3) is 3.85. The number of rotatable bonds is 5. The van der Waals surface area contributed by atoms with Crippen LogP contribution in [0.5, 0.6) is 0 Å². The van der Waals surface area contributed by atoms with Crippen molar-refractivity contribution in [3.63, 3.8) is 0 Å². The van der Waals surface area contributed by atoms with Crippen molar-refractivity contribution in [3.05, 3.63) is 53.6 Å². The summed E-state index contributed by atoms with van der Waals surface area (Å²) in [4.78, 5) is 16.7. The van der Waals surface area contributed by atoms with E-state index in [1.54, 1.807) is 0 Å². The lowest BCUT2D eigenvalue weighted by atomic mass is 10.1. The van der Waals surface area contributed by atoms with Crippen molar-refractivity contribution in [3.8, 4) is 11.4 Å². The maximum absolute atomic E-state index is 12.3. The van der Waals surface area contributed by atoms with Gasteiger partial charge in [0.1, 0.15) is 0 Å². The lowest BCUT2D eigenvalue weighted by Crippen LogP contribution is -2.16. The normalized spacial score (nSPS) is 11.1. The van der Waals surface area contributed by atoms with Crippen molar-refractivity contribution in [1.82, 2.24) is 19.9 Å². The van der Waals surface area contributed by atoms with E-state index in [-0.39, 0.29) is 11.7 Å². The first kappa shape index (κ1) is 18.5. The van der Waals surface area contributed by atoms with Gasteiger partial charge in [0.2, 0.25) is 11.1 Å². The maximum Gasteiger partial charge on any atom is 0.236 e. The largest absolute Gasteiger partial charge is 0.335 e. The van der Waals surface area contributed by atoms with E-state index in [0.29, 0.717) is 16.1 Å². The highest BCUT2D eigenvalue weighted by molar-refractivity contribution is 7.99. The lowest BCUT2D eigenvalue weighted by molar-refractivity contribution is -0.113. The summed E-state index contributed by atoms with van der Waals surface area (Å²) in [7, 11) is 0. The van der Waals surface area contributed by atoms with Gasteiger partial charge in [-0.25, -0.2) is 9.66 Å². The van der Waals surface area contributed by atoms with Crippen LogP contribution in [0.4, 0.5) is 5.13 Å². The SMILES string of the molecule is Cc1ccc(-c2nnc(SCC(=O)Nc3nc4ccc(C)cc4s3)n2N)cc1. The van der Waals surface area contributed by atoms with E-state index in [1.165, 1.54) is 27.8 Å². The second-order valence-corrected chi connectivity index (χ2v) is 8.34. The van der Waals surface area contributed by atoms with Crippen molar-refractivity contribution < 1.29 is 4.79 Å². The lowest BCUT2D eigenvalue weighted by Gasteiger charge is -2.04. The van der Waals surface area contributed by atoms with Crippen LogP contribution in [0, 0.1) is 13.8 Å². The number of hydrogen-bond donors (Lipinski definition) is 2. The number of aryl methyl sites for hydroxylation is 2. The number of thioether (sulfide) groups is 1. The molecule has 0 radical (unpaired) electrons. The molecular weight excluding hydrogens is 392 g/mol. The predicted molar refractivity (Wildman–Crippen MR) is 114 cm³/mol. The van der Waals surface area contributed by atoms with Crippen LogP contribution in [0.3, 0.4) is 0 Å². The molecule has 0 aliphatic rings. The van der Waals surface area contributed by atoms with E-state index >= 15 is 0 Å². The number of benzene rings is 2. The Bertz CT molecular complexity index is 1150. The average molecular weight is 411 g/mol. The summed E-state index contributed by atoms with van der Waals surface area (Å²) in [5.74, 6) is 6.66. The third-order valence-corrected chi connectivity index (χ3v) is 5.97. The summed E-state index contributed by atoms with van der Waals surface area (Å²) in [6.45, 7) is 4.05. The predicted octanol–water partition coefficient (Wildman–Crippen LogP) is 3.62. The number of fused-ring (bicyclic) bond motifs is 1. The van der Waals surface area contributed by atoms with Crippen molar-refractivity contribution >= 4 is 44.4 Å². The third-order valence-electron chi connectivity index (χ3n) is 4.10. The summed E-state index contributed by atoms with van der Waals surface area (Å²) in [6, 6.07) is 13.9. The number of carbonyl (C=O) groups excluding carboxylic acids is 1. The van der Waals surface area contributed by atoms with E-state index in [0.717, 1.165) is 26.9 Å². The van der Waals surface area contributed by atoms with Crippen LogP contribution in [0.25, 0.3) is 21.6 Å². The number of anilines is 1. The molecule has 142 valence electrons. The van der Waals surface area contributed by atoms with Gasteiger partial charge in [0.25, 0.3) is 0 Å².